The molecule has 21 heavy (non-hydrogen) atoms. The standard InChI is InChI=1S/C19H29NO/c1-2-13-20-19-12-9-15-14-17(10-11-18(15)19)21-16-7-5-3-4-6-8-16/h10-11,14,16,19-20H,2-9,12-13H2,1H3. The number of hydrogen-bond donors (Lipinski definition) is 1. The highest BCUT2D eigenvalue weighted by molar-refractivity contribution is 5.40. The maximum absolute atomic E-state index is 6.26. The van der Waals surface area contributed by atoms with Crippen LogP contribution in [-0.2, 0) is 6.42 Å². The van der Waals surface area contributed by atoms with Gasteiger partial charge in [0.1, 0.15) is 5.75 Å². The highest BCUT2D eigenvalue weighted by atomic mass is 16.5. The highest BCUT2D eigenvalue weighted by Crippen LogP contribution is 2.34. The average Bonchev–Trinajstić information content (AvgIpc) is 2.72. The smallest absolute Gasteiger partial charge is 0.120 e. The van der Waals surface area contributed by atoms with E-state index in [1.807, 2.05) is 0 Å². The molecular weight excluding hydrogens is 258 g/mol. The molecule has 0 spiro atoms. The Morgan fingerprint density at radius 3 is 2.67 bits per heavy atom. The third-order valence-electron chi connectivity index (χ3n) is 4.94. The lowest BCUT2D eigenvalue weighted by Crippen LogP contribution is -2.19. The molecule has 1 saturated carbocycles. The molecule has 1 atom stereocenters. The van der Waals surface area contributed by atoms with E-state index in [4.69, 9.17) is 4.74 Å². The first-order valence-corrected chi connectivity index (χ1v) is 8.89. The average molecular weight is 287 g/mol. The van der Waals surface area contributed by atoms with Gasteiger partial charge in [-0.25, -0.2) is 0 Å². The van der Waals surface area contributed by atoms with Crippen molar-refractivity contribution >= 4 is 0 Å². The number of fused-ring (bicyclic) bond motifs is 1. The topological polar surface area (TPSA) is 21.3 Å². The van der Waals surface area contributed by atoms with Crippen LogP contribution in [0.3, 0.4) is 0 Å². The van der Waals surface area contributed by atoms with Crippen LogP contribution in [0.5, 0.6) is 5.75 Å². The Morgan fingerprint density at radius 2 is 1.90 bits per heavy atom. The van der Waals surface area contributed by atoms with Gasteiger partial charge in [0, 0.05) is 6.04 Å². The van der Waals surface area contributed by atoms with Gasteiger partial charge in [0.15, 0.2) is 0 Å². The van der Waals surface area contributed by atoms with E-state index in [-0.39, 0.29) is 0 Å². The highest BCUT2D eigenvalue weighted by Gasteiger charge is 2.22. The first-order chi connectivity index (χ1) is 10.4. The molecule has 116 valence electrons. The molecule has 0 heterocycles. The summed E-state index contributed by atoms with van der Waals surface area (Å²) in [5.74, 6) is 1.09. The van der Waals surface area contributed by atoms with E-state index in [0.29, 0.717) is 12.1 Å². The Morgan fingerprint density at radius 1 is 1.10 bits per heavy atom. The van der Waals surface area contributed by atoms with Crippen LogP contribution in [0.15, 0.2) is 18.2 Å². The minimum absolute atomic E-state index is 0.445. The first-order valence-electron chi connectivity index (χ1n) is 8.89. The zero-order valence-corrected chi connectivity index (χ0v) is 13.4. The van der Waals surface area contributed by atoms with Gasteiger partial charge in [-0.2, -0.15) is 0 Å². The molecule has 1 aromatic rings. The van der Waals surface area contributed by atoms with E-state index in [9.17, 15) is 0 Å². The SMILES string of the molecule is CCCNC1CCc2cc(OC3CCCCCC3)ccc21. The van der Waals surface area contributed by atoms with Crippen molar-refractivity contribution in [2.45, 2.75) is 76.9 Å². The summed E-state index contributed by atoms with van der Waals surface area (Å²) in [4.78, 5) is 0. The minimum atomic E-state index is 0.445. The molecule has 1 N–H and O–H groups in total. The molecule has 1 unspecified atom stereocenters. The Bertz CT molecular complexity index is 449. The van der Waals surface area contributed by atoms with Gasteiger partial charge in [-0.1, -0.05) is 25.8 Å². The molecule has 2 heteroatoms. The second-order valence-electron chi connectivity index (χ2n) is 6.64. The molecule has 2 aliphatic rings. The molecule has 0 bridgehead atoms. The zero-order valence-electron chi connectivity index (χ0n) is 13.4. The summed E-state index contributed by atoms with van der Waals surface area (Å²) in [6, 6.07) is 7.34. The van der Waals surface area contributed by atoms with Crippen molar-refractivity contribution in [2.24, 2.45) is 0 Å². The normalized spacial score (nSPS) is 22.8. The summed E-state index contributed by atoms with van der Waals surface area (Å²) < 4.78 is 6.26. The maximum Gasteiger partial charge on any atom is 0.120 e. The van der Waals surface area contributed by atoms with Gasteiger partial charge < -0.3 is 10.1 Å². The summed E-state index contributed by atoms with van der Waals surface area (Å²) in [5.41, 5.74) is 2.99. The lowest BCUT2D eigenvalue weighted by Gasteiger charge is -2.18. The minimum Gasteiger partial charge on any atom is -0.490 e. The number of ether oxygens (including phenoxy) is 1. The second kappa shape index (κ2) is 7.31. The van der Waals surface area contributed by atoms with Crippen molar-refractivity contribution in [3.05, 3.63) is 29.3 Å². The van der Waals surface area contributed by atoms with Crippen molar-refractivity contribution in [3.63, 3.8) is 0 Å². The molecule has 3 rings (SSSR count). The van der Waals surface area contributed by atoms with E-state index < -0.39 is 0 Å². The van der Waals surface area contributed by atoms with E-state index in [0.717, 1.165) is 12.3 Å². The third-order valence-corrected chi connectivity index (χ3v) is 4.94. The van der Waals surface area contributed by atoms with Crippen LogP contribution in [0.2, 0.25) is 0 Å². The molecule has 0 radical (unpaired) electrons. The maximum atomic E-state index is 6.26. The van der Waals surface area contributed by atoms with Crippen LogP contribution < -0.4 is 10.1 Å². The molecule has 0 aliphatic heterocycles. The van der Waals surface area contributed by atoms with Gasteiger partial charge in [0.25, 0.3) is 0 Å². The molecule has 0 amide bonds. The van der Waals surface area contributed by atoms with Crippen LogP contribution in [0, 0.1) is 0 Å². The van der Waals surface area contributed by atoms with Gasteiger partial charge in [-0.05, 0) is 74.8 Å². The largest absolute Gasteiger partial charge is 0.490 e. The number of nitrogens with one attached hydrogen (secondary N) is 1. The van der Waals surface area contributed by atoms with E-state index in [1.165, 1.54) is 68.9 Å². The van der Waals surface area contributed by atoms with Crippen LogP contribution in [0.4, 0.5) is 0 Å². The Labute approximate surface area is 129 Å². The van der Waals surface area contributed by atoms with Gasteiger partial charge >= 0.3 is 0 Å². The zero-order chi connectivity index (χ0) is 14.5. The van der Waals surface area contributed by atoms with Crippen molar-refractivity contribution in [3.8, 4) is 5.75 Å². The van der Waals surface area contributed by atoms with Gasteiger partial charge in [-0.3, -0.25) is 0 Å². The lowest BCUT2D eigenvalue weighted by molar-refractivity contribution is 0.183. The number of rotatable bonds is 5. The van der Waals surface area contributed by atoms with E-state index in [1.54, 1.807) is 0 Å². The van der Waals surface area contributed by atoms with Crippen molar-refractivity contribution in [1.82, 2.24) is 5.32 Å². The predicted molar refractivity (Wildman–Crippen MR) is 87.9 cm³/mol. The number of benzene rings is 1. The summed E-state index contributed by atoms with van der Waals surface area (Å²) in [6.07, 6.45) is 12.0. The van der Waals surface area contributed by atoms with E-state index in [2.05, 4.69) is 30.4 Å². The fraction of sp³-hybridized carbons (Fsp3) is 0.684. The van der Waals surface area contributed by atoms with Gasteiger partial charge in [-0.15, -0.1) is 0 Å². The predicted octanol–water partition coefficient (Wildman–Crippen LogP) is 4.78. The van der Waals surface area contributed by atoms with Crippen molar-refractivity contribution in [1.29, 1.82) is 0 Å². The fourth-order valence-electron chi connectivity index (χ4n) is 3.75. The monoisotopic (exact) mass is 287 g/mol. The second-order valence-corrected chi connectivity index (χ2v) is 6.64. The summed E-state index contributed by atoms with van der Waals surface area (Å²) in [7, 11) is 0. The van der Waals surface area contributed by atoms with Gasteiger partial charge in [0.05, 0.1) is 6.10 Å². The Hall–Kier alpha value is -1.02. The first kappa shape index (κ1) is 14.9. The fourth-order valence-corrected chi connectivity index (χ4v) is 3.75. The molecule has 1 fully saturated rings. The van der Waals surface area contributed by atoms with Crippen LogP contribution in [0.25, 0.3) is 0 Å². The number of hydrogen-bond acceptors (Lipinski definition) is 2. The Kier molecular flexibility index (Phi) is 5.18. The lowest BCUT2D eigenvalue weighted by atomic mass is 10.1. The van der Waals surface area contributed by atoms with Crippen molar-refractivity contribution < 1.29 is 4.74 Å². The summed E-state index contributed by atoms with van der Waals surface area (Å²) >= 11 is 0. The van der Waals surface area contributed by atoms with Crippen LogP contribution >= 0.6 is 0 Å². The summed E-state index contributed by atoms with van der Waals surface area (Å²) in [5, 5.41) is 3.66. The molecule has 0 saturated heterocycles. The van der Waals surface area contributed by atoms with E-state index >= 15 is 0 Å². The molecule has 2 aliphatic carbocycles. The third kappa shape index (κ3) is 3.79. The van der Waals surface area contributed by atoms with Crippen LogP contribution in [-0.4, -0.2) is 12.6 Å². The number of aryl methyl sites for hydroxylation is 1. The van der Waals surface area contributed by atoms with Crippen LogP contribution in [0.1, 0.15) is 75.5 Å². The molecule has 0 aromatic heterocycles. The Balaban J connectivity index is 1.63. The molecule has 1 aromatic carbocycles. The van der Waals surface area contributed by atoms with Crippen molar-refractivity contribution in [2.75, 3.05) is 6.54 Å². The molecule has 2 nitrogen and oxygen atoms in total. The quantitative estimate of drug-likeness (QED) is 0.787. The van der Waals surface area contributed by atoms with Gasteiger partial charge in [0.2, 0.25) is 0 Å². The summed E-state index contributed by atoms with van der Waals surface area (Å²) in [6.45, 7) is 3.34. The molecular formula is C19H29NO.